The van der Waals surface area contributed by atoms with E-state index in [0.29, 0.717) is 0 Å². The molecule has 0 aromatic heterocycles. The Labute approximate surface area is 72.9 Å². The van der Waals surface area contributed by atoms with Crippen LogP contribution < -0.4 is 0 Å². The normalized spacial score (nSPS) is 11.9. The summed E-state index contributed by atoms with van der Waals surface area (Å²) in [6.07, 6.45) is 4.80. The lowest BCUT2D eigenvalue weighted by Crippen LogP contribution is -2.29. The molecule has 0 rings (SSSR count). The summed E-state index contributed by atoms with van der Waals surface area (Å²) in [6.45, 7) is 6.66. The Balaban J connectivity index is 3.87. The van der Waals surface area contributed by atoms with Gasteiger partial charge in [-0.1, -0.05) is 27.2 Å². The Morgan fingerprint density at radius 3 is 1.80 bits per heavy atom. The summed E-state index contributed by atoms with van der Waals surface area (Å²) in [7, 11) is 0. The van der Waals surface area contributed by atoms with Crippen LogP contribution in [-0.2, 0) is 3.79 Å². The molecule has 2 heteroatoms. The van der Waals surface area contributed by atoms with Crippen LogP contribution in [-0.4, -0.2) is 22.2 Å². The second-order valence-electron chi connectivity index (χ2n) is 2.84. The zero-order valence-corrected chi connectivity index (χ0v) is 9.74. The molecule has 0 aliphatic carbocycles. The molecule has 0 fully saturated rings. The van der Waals surface area contributed by atoms with Gasteiger partial charge in [-0.2, -0.15) is 0 Å². The molecular formula is C8H19AlO. The highest BCUT2D eigenvalue weighted by Crippen LogP contribution is 2.24. The molecule has 0 aliphatic rings. The SMILES string of the molecule is CCCC(CC)(CC)[O][AlH2]. The van der Waals surface area contributed by atoms with Crippen molar-refractivity contribution >= 4 is 16.6 Å². The van der Waals surface area contributed by atoms with Crippen molar-refractivity contribution < 1.29 is 3.79 Å². The summed E-state index contributed by atoms with van der Waals surface area (Å²) < 4.78 is 5.62. The first-order valence-electron chi connectivity index (χ1n) is 4.29. The minimum absolute atomic E-state index is 0.237. The molecule has 0 radical (unpaired) electrons. The molecule has 0 aromatic rings. The molecule has 0 heterocycles. The van der Waals surface area contributed by atoms with Crippen molar-refractivity contribution in [1.29, 1.82) is 0 Å². The molecule has 0 saturated carbocycles. The lowest BCUT2D eigenvalue weighted by atomic mass is 9.92. The lowest BCUT2D eigenvalue weighted by Gasteiger charge is -2.31. The standard InChI is InChI=1S/C8H17O.Al.2H/c1-4-7-8(9,5-2)6-3;;;/h4-7H2,1-3H3;;;/q-1;+1;;. The minimum Gasteiger partial charge on any atom is -0.501 e. The van der Waals surface area contributed by atoms with E-state index in [1.54, 1.807) is 0 Å². The van der Waals surface area contributed by atoms with E-state index < -0.39 is 0 Å². The Morgan fingerprint density at radius 2 is 1.70 bits per heavy atom. The van der Waals surface area contributed by atoms with Crippen molar-refractivity contribution in [2.24, 2.45) is 0 Å². The van der Waals surface area contributed by atoms with Gasteiger partial charge in [0, 0.05) is 5.60 Å². The van der Waals surface area contributed by atoms with Crippen LogP contribution in [0.3, 0.4) is 0 Å². The molecular weight excluding hydrogens is 139 g/mol. The molecule has 60 valence electrons. The van der Waals surface area contributed by atoms with Crippen LogP contribution in [0, 0.1) is 0 Å². The summed E-state index contributed by atoms with van der Waals surface area (Å²) in [6, 6.07) is 0. The highest BCUT2D eigenvalue weighted by atomic mass is 27.1. The minimum atomic E-state index is 0.237. The first-order valence-corrected chi connectivity index (χ1v) is 5.11. The van der Waals surface area contributed by atoms with Crippen molar-refractivity contribution in [3.8, 4) is 0 Å². The molecule has 0 unspecified atom stereocenters. The molecule has 1 nitrogen and oxygen atoms in total. The monoisotopic (exact) mass is 158 g/mol. The summed E-state index contributed by atoms with van der Waals surface area (Å²) in [5.74, 6) is 0. The van der Waals surface area contributed by atoms with Crippen LogP contribution >= 0.6 is 0 Å². The van der Waals surface area contributed by atoms with E-state index in [9.17, 15) is 0 Å². The molecule has 0 amide bonds. The fourth-order valence-electron chi connectivity index (χ4n) is 1.45. The molecule has 10 heavy (non-hydrogen) atoms. The summed E-state index contributed by atoms with van der Waals surface area (Å²) >= 11 is 0.880. The van der Waals surface area contributed by atoms with Crippen LogP contribution in [0.4, 0.5) is 0 Å². The maximum atomic E-state index is 5.62. The second-order valence-corrected chi connectivity index (χ2v) is 3.25. The van der Waals surface area contributed by atoms with E-state index in [4.69, 9.17) is 3.79 Å². The molecule has 0 aromatic carbocycles. The van der Waals surface area contributed by atoms with Gasteiger partial charge < -0.3 is 3.79 Å². The van der Waals surface area contributed by atoms with Crippen LogP contribution in [0.25, 0.3) is 0 Å². The van der Waals surface area contributed by atoms with Gasteiger partial charge >= 0.3 is 16.6 Å². The van der Waals surface area contributed by atoms with E-state index in [2.05, 4.69) is 20.8 Å². The van der Waals surface area contributed by atoms with Crippen molar-refractivity contribution in [3.63, 3.8) is 0 Å². The van der Waals surface area contributed by atoms with Crippen LogP contribution in [0.5, 0.6) is 0 Å². The van der Waals surface area contributed by atoms with E-state index in [1.165, 1.54) is 25.7 Å². The predicted octanol–water partition coefficient (Wildman–Crippen LogP) is 1.91. The van der Waals surface area contributed by atoms with Crippen molar-refractivity contribution in [2.45, 2.75) is 52.1 Å². The highest BCUT2D eigenvalue weighted by Gasteiger charge is 2.21. The summed E-state index contributed by atoms with van der Waals surface area (Å²) in [5.41, 5.74) is 0.237. The van der Waals surface area contributed by atoms with Crippen molar-refractivity contribution in [2.75, 3.05) is 0 Å². The van der Waals surface area contributed by atoms with E-state index in [-0.39, 0.29) is 5.60 Å². The van der Waals surface area contributed by atoms with E-state index in [0.717, 1.165) is 16.6 Å². The molecule has 0 saturated heterocycles. The van der Waals surface area contributed by atoms with Gasteiger partial charge in [-0.05, 0) is 19.3 Å². The Hall–Kier alpha value is 0.492. The van der Waals surface area contributed by atoms with Crippen LogP contribution in [0.15, 0.2) is 0 Å². The van der Waals surface area contributed by atoms with E-state index in [1.807, 2.05) is 0 Å². The molecule has 0 aliphatic heterocycles. The Kier molecular flexibility index (Phi) is 5.44. The molecule has 0 bridgehead atoms. The van der Waals surface area contributed by atoms with Crippen LogP contribution in [0.1, 0.15) is 46.5 Å². The number of rotatable bonds is 5. The molecule has 0 atom stereocenters. The average Bonchev–Trinajstić information content (AvgIpc) is 2.01. The third kappa shape index (κ3) is 2.62. The van der Waals surface area contributed by atoms with Crippen molar-refractivity contribution in [1.82, 2.24) is 0 Å². The highest BCUT2D eigenvalue weighted by molar-refractivity contribution is 5.98. The Morgan fingerprint density at radius 1 is 1.20 bits per heavy atom. The third-order valence-corrected chi connectivity index (χ3v) is 3.29. The Bertz CT molecular complexity index is 71.1. The first kappa shape index (κ1) is 10.5. The zero-order valence-electron chi connectivity index (χ0n) is 7.74. The summed E-state index contributed by atoms with van der Waals surface area (Å²) in [4.78, 5) is 0. The smallest absolute Gasteiger partial charge is 0.410 e. The molecule has 0 spiro atoms. The van der Waals surface area contributed by atoms with Gasteiger partial charge in [0.15, 0.2) is 0 Å². The number of hydrogen-bond donors (Lipinski definition) is 0. The number of hydrogen-bond acceptors (Lipinski definition) is 1. The maximum absolute atomic E-state index is 5.62. The predicted molar refractivity (Wildman–Crippen MR) is 47.9 cm³/mol. The third-order valence-electron chi connectivity index (χ3n) is 2.43. The summed E-state index contributed by atoms with van der Waals surface area (Å²) in [5, 5.41) is 0. The second kappa shape index (κ2) is 5.18. The van der Waals surface area contributed by atoms with Gasteiger partial charge in [0.1, 0.15) is 0 Å². The zero-order chi connectivity index (χ0) is 8.04. The van der Waals surface area contributed by atoms with Gasteiger partial charge in [-0.25, -0.2) is 0 Å². The van der Waals surface area contributed by atoms with Gasteiger partial charge in [0.2, 0.25) is 0 Å². The lowest BCUT2D eigenvalue weighted by molar-refractivity contribution is 0.0605. The maximum Gasteiger partial charge on any atom is 0.410 e. The van der Waals surface area contributed by atoms with Crippen molar-refractivity contribution in [3.05, 3.63) is 0 Å². The quantitative estimate of drug-likeness (QED) is 0.555. The fraction of sp³-hybridized carbons (Fsp3) is 1.00. The fourth-order valence-corrected chi connectivity index (χ4v) is 2.23. The van der Waals surface area contributed by atoms with Crippen LogP contribution in [0.2, 0.25) is 0 Å². The largest absolute Gasteiger partial charge is 0.501 e. The van der Waals surface area contributed by atoms with Gasteiger partial charge in [-0.3, -0.25) is 0 Å². The van der Waals surface area contributed by atoms with E-state index >= 15 is 0 Å². The van der Waals surface area contributed by atoms with Gasteiger partial charge in [-0.15, -0.1) is 0 Å². The molecule has 0 N–H and O–H groups in total. The topological polar surface area (TPSA) is 9.23 Å². The average molecular weight is 158 g/mol. The first-order chi connectivity index (χ1) is 4.74. The van der Waals surface area contributed by atoms with Gasteiger partial charge in [0.25, 0.3) is 0 Å². The van der Waals surface area contributed by atoms with Gasteiger partial charge in [0.05, 0.1) is 0 Å².